The smallest absolute Gasteiger partial charge is 0.142 e. The zero-order valence-corrected chi connectivity index (χ0v) is 11.9. The van der Waals surface area contributed by atoms with Crippen LogP contribution in [0.15, 0.2) is 24.4 Å². The van der Waals surface area contributed by atoms with Gasteiger partial charge in [0.05, 0.1) is 24.3 Å². The summed E-state index contributed by atoms with van der Waals surface area (Å²) in [6.07, 6.45) is 2.89. The first-order valence-electron chi connectivity index (χ1n) is 5.74. The lowest BCUT2D eigenvalue weighted by Crippen LogP contribution is -1.99. The normalized spacial score (nSPS) is 10.4. The van der Waals surface area contributed by atoms with Gasteiger partial charge in [0.2, 0.25) is 0 Å². The van der Waals surface area contributed by atoms with Crippen molar-refractivity contribution in [3.63, 3.8) is 0 Å². The number of nitrogens with one attached hydrogen (secondary N) is 1. The highest BCUT2D eigenvalue weighted by Gasteiger charge is 2.05. The number of rotatable bonds is 5. The number of anilines is 1. The van der Waals surface area contributed by atoms with E-state index in [-0.39, 0.29) is 0 Å². The van der Waals surface area contributed by atoms with Crippen LogP contribution in [0.2, 0.25) is 5.02 Å². The number of hydrogen-bond donors (Lipinski definition) is 1. The Morgan fingerprint density at radius 1 is 1.44 bits per heavy atom. The van der Waals surface area contributed by atoms with Crippen molar-refractivity contribution in [3.05, 3.63) is 39.3 Å². The molecule has 18 heavy (non-hydrogen) atoms. The van der Waals surface area contributed by atoms with E-state index in [1.807, 2.05) is 24.4 Å². The topological polar surface area (TPSA) is 34.2 Å². The van der Waals surface area contributed by atoms with E-state index in [1.165, 1.54) is 4.88 Å². The van der Waals surface area contributed by atoms with E-state index in [1.54, 1.807) is 18.4 Å². The SMILES string of the molecule is CCc1ncc(CNc2cc(Cl)ccc2OC)s1. The quantitative estimate of drug-likeness (QED) is 0.901. The van der Waals surface area contributed by atoms with Crippen molar-refractivity contribution >= 4 is 28.6 Å². The Bertz CT molecular complexity index is 527. The molecule has 2 aromatic rings. The summed E-state index contributed by atoms with van der Waals surface area (Å²) in [5, 5.41) is 5.17. The van der Waals surface area contributed by atoms with Crippen LogP contribution in [0.5, 0.6) is 5.75 Å². The molecule has 0 saturated heterocycles. The van der Waals surface area contributed by atoms with E-state index in [9.17, 15) is 0 Å². The van der Waals surface area contributed by atoms with Gasteiger partial charge in [0.15, 0.2) is 0 Å². The zero-order valence-electron chi connectivity index (χ0n) is 10.4. The molecule has 0 spiro atoms. The first kappa shape index (κ1) is 13.2. The average Bonchev–Trinajstić information content (AvgIpc) is 2.84. The van der Waals surface area contributed by atoms with E-state index in [0.717, 1.165) is 29.4 Å². The number of aryl methyl sites for hydroxylation is 1. The number of aromatic nitrogens is 1. The first-order chi connectivity index (χ1) is 8.72. The summed E-state index contributed by atoms with van der Waals surface area (Å²) in [4.78, 5) is 5.53. The lowest BCUT2D eigenvalue weighted by atomic mass is 10.3. The third-order valence-corrected chi connectivity index (χ3v) is 3.90. The third-order valence-electron chi connectivity index (χ3n) is 2.52. The Balaban J connectivity index is 2.07. The molecule has 0 aliphatic heterocycles. The Kier molecular flexibility index (Phi) is 4.44. The minimum atomic E-state index is 0.692. The lowest BCUT2D eigenvalue weighted by molar-refractivity contribution is 0.416. The largest absolute Gasteiger partial charge is 0.495 e. The van der Waals surface area contributed by atoms with E-state index in [0.29, 0.717) is 5.02 Å². The van der Waals surface area contributed by atoms with Crippen LogP contribution in [0.1, 0.15) is 16.8 Å². The Morgan fingerprint density at radius 3 is 2.94 bits per heavy atom. The first-order valence-corrected chi connectivity index (χ1v) is 6.93. The predicted octanol–water partition coefficient (Wildman–Crippen LogP) is 3.98. The Labute approximate surface area is 116 Å². The molecule has 0 aliphatic rings. The molecule has 1 N–H and O–H groups in total. The maximum absolute atomic E-state index is 5.98. The molecule has 0 unspecified atom stereocenters. The van der Waals surface area contributed by atoms with Crippen molar-refractivity contribution < 1.29 is 4.74 Å². The van der Waals surface area contributed by atoms with E-state index in [4.69, 9.17) is 16.3 Å². The zero-order chi connectivity index (χ0) is 13.0. The number of hydrogen-bond acceptors (Lipinski definition) is 4. The second-order valence-electron chi connectivity index (χ2n) is 3.77. The highest BCUT2D eigenvalue weighted by molar-refractivity contribution is 7.11. The molecular weight excluding hydrogens is 268 g/mol. The van der Waals surface area contributed by atoms with Crippen molar-refractivity contribution in [2.75, 3.05) is 12.4 Å². The number of thiazole rings is 1. The van der Waals surface area contributed by atoms with Gasteiger partial charge in [-0.3, -0.25) is 0 Å². The third kappa shape index (κ3) is 3.15. The number of benzene rings is 1. The predicted molar refractivity (Wildman–Crippen MR) is 76.8 cm³/mol. The molecule has 0 bridgehead atoms. The van der Waals surface area contributed by atoms with Crippen LogP contribution in [0, 0.1) is 0 Å². The fraction of sp³-hybridized carbons (Fsp3) is 0.308. The molecule has 5 heteroatoms. The number of methoxy groups -OCH3 is 1. The fourth-order valence-corrected chi connectivity index (χ4v) is 2.57. The van der Waals surface area contributed by atoms with Crippen molar-refractivity contribution in [3.8, 4) is 5.75 Å². The Morgan fingerprint density at radius 2 is 2.28 bits per heavy atom. The minimum Gasteiger partial charge on any atom is -0.495 e. The molecule has 1 heterocycles. The fourth-order valence-electron chi connectivity index (χ4n) is 1.59. The second kappa shape index (κ2) is 6.07. The monoisotopic (exact) mass is 282 g/mol. The van der Waals surface area contributed by atoms with Crippen LogP contribution in [0.4, 0.5) is 5.69 Å². The van der Waals surface area contributed by atoms with Crippen molar-refractivity contribution in [1.29, 1.82) is 0 Å². The summed E-state index contributed by atoms with van der Waals surface area (Å²) in [5.41, 5.74) is 0.899. The van der Waals surface area contributed by atoms with Gasteiger partial charge in [0, 0.05) is 16.1 Å². The van der Waals surface area contributed by atoms with Gasteiger partial charge in [0.25, 0.3) is 0 Å². The molecule has 0 atom stereocenters. The number of halogens is 1. The van der Waals surface area contributed by atoms with Gasteiger partial charge in [-0.05, 0) is 24.6 Å². The van der Waals surface area contributed by atoms with E-state index < -0.39 is 0 Å². The van der Waals surface area contributed by atoms with Crippen LogP contribution in [0.3, 0.4) is 0 Å². The molecule has 0 amide bonds. The summed E-state index contributed by atoms with van der Waals surface area (Å²) in [6, 6.07) is 5.53. The number of nitrogens with zero attached hydrogens (tertiary/aromatic N) is 1. The maximum Gasteiger partial charge on any atom is 0.142 e. The van der Waals surface area contributed by atoms with Crippen LogP contribution < -0.4 is 10.1 Å². The van der Waals surface area contributed by atoms with Crippen LogP contribution in [-0.4, -0.2) is 12.1 Å². The van der Waals surface area contributed by atoms with Crippen LogP contribution in [0.25, 0.3) is 0 Å². The Hall–Kier alpha value is -1.26. The summed E-state index contributed by atoms with van der Waals surface area (Å²) in [6.45, 7) is 2.84. The van der Waals surface area contributed by atoms with Crippen molar-refractivity contribution in [2.24, 2.45) is 0 Å². The number of ether oxygens (including phenoxy) is 1. The molecule has 1 aromatic heterocycles. The van der Waals surface area contributed by atoms with Gasteiger partial charge in [0.1, 0.15) is 5.75 Å². The minimum absolute atomic E-state index is 0.692. The maximum atomic E-state index is 5.98. The molecule has 0 aliphatic carbocycles. The van der Waals surface area contributed by atoms with Crippen molar-refractivity contribution in [1.82, 2.24) is 4.98 Å². The van der Waals surface area contributed by atoms with E-state index >= 15 is 0 Å². The average molecular weight is 283 g/mol. The summed E-state index contributed by atoms with van der Waals surface area (Å²) < 4.78 is 5.28. The molecule has 2 rings (SSSR count). The standard InChI is InChI=1S/C13H15ClN2OS/c1-3-13-16-8-10(18-13)7-15-11-6-9(14)4-5-12(11)17-2/h4-6,8,15H,3,7H2,1-2H3. The molecule has 0 radical (unpaired) electrons. The van der Waals surface area contributed by atoms with E-state index in [2.05, 4.69) is 17.2 Å². The van der Waals surface area contributed by atoms with Gasteiger partial charge in [-0.2, -0.15) is 0 Å². The van der Waals surface area contributed by atoms with Gasteiger partial charge in [-0.25, -0.2) is 4.98 Å². The highest BCUT2D eigenvalue weighted by atomic mass is 35.5. The second-order valence-corrected chi connectivity index (χ2v) is 5.41. The van der Waals surface area contributed by atoms with Crippen LogP contribution >= 0.6 is 22.9 Å². The summed E-state index contributed by atoms with van der Waals surface area (Å²) in [7, 11) is 1.65. The lowest BCUT2D eigenvalue weighted by Gasteiger charge is -2.10. The van der Waals surface area contributed by atoms with Gasteiger partial charge < -0.3 is 10.1 Å². The highest BCUT2D eigenvalue weighted by Crippen LogP contribution is 2.28. The van der Waals surface area contributed by atoms with Gasteiger partial charge >= 0.3 is 0 Å². The molecule has 3 nitrogen and oxygen atoms in total. The molecule has 1 aromatic carbocycles. The summed E-state index contributed by atoms with van der Waals surface area (Å²) in [5.74, 6) is 0.791. The van der Waals surface area contributed by atoms with Gasteiger partial charge in [-0.1, -0.05) is 18.5 Å². The van der Waals surface area contributed by atoms with Crippen molar-refractivity contribution in [2.45, 2.75) is 19.9 Å². The molecule has 0 saturated carbocycles. The molecule has 96 valence electrons. The molecular formula is C13H15ClN2OS. The van der Waals surface area contributed by atoms with Gasteiger partial charge in [-0.15, -0.1) is 11.3 Å². The summed E-state index contributed by atoms with van der Waals surface area (Å²) >= 11 is 7.70. The van der Waals surface area contributed by atoms with Crippen LogP contribution in [-0.2, 0) is 13.0 Å². The molecule has 0 fully saturated rings.